The fraction of sp³-hybridized carbons (Fsp3) is 0.440. The lowest BCUT2D eigenvalue weighted by atomic mass is 10.0. The van der Waals surface area contributed by atoms with Crippen LogP contribution in [0.3, 0.4) is 0 Å². The van der Waals surface area contributed by atoms with Crippen molar-refractivity contribution < 1.29 is 14.3 Å². The number of nitrogens with zero attached hydrogens (tertiary/aromatic N) is 3. The van der Waals surface area contributed by atoms with Gasteiger partial charge in [-0.15, -0.1) is 0 Å². The van der Waals surface area contributed by atoms with E-state index in [0.29, 0.717) is 38.5 Å². The standard InChI is InChI=1S/C25H30N4O3/c26-19-20-4-6-21(7-5-20)22-8-10-23(11-9-22)32-16-2-13-28-12-1-3-24(28)27-25(30)29-14-17-31-18-15-29/h4-11,24H,1-3,12-18H2,(H,27,30). The van der Waals surface area contributed by atoms with Crippen molar-refractivity contribution >= 4 is 6.03 Å². The van der Waals surface area contributed by atoms with Crippen molar-refractivity contribution in [3.05, 3.63) is 54.1 Å². The fourth-order valence-electron chi connectivity index (χ4n) is 4.20. The fourth-order valence-corrected chi connectivity index (χ4v) is 4.20. The summed E-state index contributed by atoms with van der Waals surface area (Å²) in [5.41, 5.74) is 2.84. The first-order valence-electron chi connectivity index (χ1n) is 11.3. The molecule has 2 fully saturated rings. The zero-order valence-electron chi connectivity index (χ0n) is 18.3. The van der Waals surface area contributed by atoms with E-state index in [2.05, 4.69) is 16.3 Å². The number of nitriles is 1. The first-order valence-corrected chi connectivity index (χ1v) is 11.3. The summed E-state index contributed by atoms with van der Waals surface area (Å²) >= 11 is 0. The molecule has 2 saturated heterocycles. The van der Waals surface area contributed by atoms with E-state index in [1.54, 1.807) is 0 Å². The Labute approximate surface area is 189 Å². The van der Waals surface area contributed by atoms with Gasteiger partial charge in [0.25, 0.3) is 0 Å². The van der Waals surface area contributed by atoms with Crippen LogP contribution in [0.2, 0.25) is 0 Å². The van der Waals surface area contributed by atoms with Gasteiger partial charge in [-0.2, -0.15) is 5.26 Å². The molecule has 7 nitrogen and oxygen atoms in total. The summed E-state index contributed by atoms with van der Waals surface area (Å²) in [7, 11) is 0. The summed E-state index contributed by atoms with van der Waals surface area (Å²) in [6.45, 7) is 5.11. The number of nitrogens with one attached hydrogen (secondary N) is 1. The Hall–Kier alpha value is -3.08. The number of hydrogen-bond donors (Lipinski definition) is 1. The van der Waals surface area contributed by atoms with Crippen LogP contribution in [0.25, 0.3) is 11.1 Å². The Morgan fingerprint density at radius 3 is 2.44 bits per heavy atom. The number of carbonyl (C=O) groups excluding carboxylic acids is 1. The first kappa shape index (κ1) is 22.1. The average molecular weight is 435 g/mol. The van der Waals surface area contributed by atoms with Gasteiger partial charge >= 0.3 is 6.03 Å². The number of morpholine rings is 1. The van der Waals surface area contributed by atoms with Crippen LogP contribution in [-0.4, -0.2) is 68.0 Å². The maximum Gasteiger partial charge on any atom is 0.318 e. The predicted octanol–water partition coefficient (Wildman–Crippen LogP) is 3.46. The molecule has 32 heavy (non-hydrogen) atoms. The quantitative estimate of drug-likeness (QED) is 0.676. The Morgan fingerprint density at radius 2 is 1.75 bits per heavy atom. The smallest absolute Gasteiger partial charge is 0.318 e. The summed E-state index contributed by atoms with van der Waals surface area (Å²) in [4.78, 5) is 16.7. The third-order valence-corrected chi connectivity index (χ3v) is 6.01. The van der Waals surface area contributed by atoms with Crippen LogP contribution in [0, 0.1) is 11.3 Å². The van der Waals surface area contributed by atoms with Crippen molar-refractivity contribution in [2.75, 3.05) is 46.0 Å². The van der Waals surface area contributed by atoms with Gasteiger partial charge in [0.1, 0.15) is 5.75 Å². The third kappa shape index (κ3) is 5.78. The highest BCUT2D eigenvalue weighted by Gasteiger charge is 2.27. The lowest BCUT2D eigenvalue weighted by molar-refractivity contribution is 0.0505. The minimum absolute atomic E-state index is 0.0174. The largest absolute Gasteiger partial charge is 0.494 e. The first-order chi connectivity index (χ1) is 15.7. The molecule has 0 bridgehead atoms. The van der Waals surface area contributed by atoms with Crippen LogP contribution < -0.4 is 10.1 Å². The summed E-state index contributed by atoms with van der Waals surface area (Å²) in [5.74, 6) is 0.848. The predicted molar refractivity (Wildman–Crippen MR) is 122 cm³/mol. The van der Waals surface area contributed by atoms with Crippen molar-refractivity contribution in [2.45, 2.75) is 25.4 Å². The topological polar surface area (TPSA) is 77.8 Å². The van der Waals surface area contributed by atoms with E-state index in [1.807, 2.05) is 53.4 Å². The molecule has 0 spiro atoms. The SMILES string of the molecule is N#Cc1ccc(-c2ccc(OCCCN3CCCC3NC(=O)N3CCOCC3)cc2)cc1. The van der Waals surface area contributed by atoms with Gasteiger partial charge in [-0.25, -0.2) is 4.79 Å². The van der Waals surface area contributed by atoms with E-state index in [0.717, 1.165) is 49.2 Å². The van der Waals surface area contributed by atoms with Gasteiger partial charge < -0.3 is 19.7 Å². The summed E-state index contributed by atoms with van der Waals surface area (Å²) in [6, 6.07) is 17.8. The van der Waals surface area contributed by atoms with Crippen molar-refractivity contribution in [1.29, 1.82) is 5.26 Å². The molecule has 2 amide bonds. The van der Waals surface area contributed by atoms with Crippen LogP contribution in [0.4, 0.5) is 4.79 Å². The van der Waals surface area contributed by atoms with E-state index >= 15 is 0 Å². The number of rotatable bonds is 7. The second-order valence-electron chi connectivity index (χ2n) is 8.16. The molecule has 168 valence electrons. The summed E-state index contributed by atoms with van der Waals surface area (Å²) < 4.78 is 11.2. The number of hydrogen-bond acceptors (Lipinski definition) is 5. The van der Waals surface area contributed by atoms with Gasteiger partial charge in [-0.3, -0.25) is 4.90 Å². The van der Waals surface area contributed by atoms with E-state index < -0.39 is 0 Å². The molecule has 2 aliphatic heterocycles. The molecule has 1 atom stereocenters. The normalized spacial score (nSPS) is 18.8. The van der Waals surface area contributed by atoms with Crippen molar-refractivity contribution in [3.63, 3.8) is 0 Å². The van der Waals surface area contributed by atoms with Crippen LogP contribution in [0.15, 0.2) is 48.5 Å². The Morgan fingerprint density at radius 1 is 1.06 bits per heavy atom. The zero-order valence-corrected chi connectivity index (χ0v) is 18.3. The van der Waals surface area contributed by atoms with Crippen LogP contribution in [-0.2, 0) is 4.74 Å². The highest BCUT2D eigenvalue weighted by atomic mass is 16.5. The minimum Gasteiger partial charge on any atom is -0.494 e. The van der Waals surface area contributed by atoms with Crippen molar-refractivity contribution in [3.8, 4) is 22.9 Å². The monoisotopic (exact) mass is 434 g/mol. The Kier molecular flexibility index (Phi) is 7.59. The molecule has 2 aliphatic rings. The van der Waals surface area contributed by atoms with Gasteiger partial charge in [0.2, 0.25) is 0 Å². The lowest BCUT2D eigenvalue weighted by Crippen LogP contribution is -2.52. The molecule has 1 unspecified atom stereocenters. The minimum atomic E-state index is 0.0174. The lowest BCUT2D eigenvalue weighted by Gasteiger charge is -2.31. The number of ether oxygens (including phenoxy) is 2. The van der Waals surface area contributed by atoms with Crippen LogP contribution in [0.1, 0.15) is 24.8 Å². The van der Waals surface area contributed by atoms with E-state index in [1.165, 1.54) is 0 Å². The van der Waals surface area contributed by atoms with Gasteiger partial charge in [-0.1, -0.05) is 24.3 Å². The molecule has 0 radical (unpaired) electrons. The molecule has 2 heterocycles. The number of urea groups is 1. The molecule has 0 saturated carbocycles. The number of amides is 2. The summed E-state index contributed by atoms with van der Waals surface area (Å²) in [6.07, 6.45) is 3.11. The highest BCUT2D eigenvalue weighted by Crippen LogP contribution is 2.23. The Balaban J connectivity index is 1.19. The van der Waals surface area contributed by atoms with Gasteiger partial charge in [-0.05, 0) is 54.7 Å². The maximum absolute atomic E-state index is 12.5. The van der Waals surface area contributed by atoms with E-state index in [4.69, 9.17) is 14.7 Å². The molecule has 1 N–H and O–H groups in total. The Bertz CT molecular complexity index is 918. The average Bonchev–Trinajstić information content (AvgIpc) is 3.29. The van der Waals surface area contributed by atoms with E-state index in [-0.39, 0.29) is 12.2 Å². The molecule has 2 aromatic rings. The van der Waals surface area contributed by atoms with Crippen LogP contribution in [0.5, 0.6) is 5.75 Å². The second-order valence-corrected chi connectivity index (χ2v) is 8.16. The third-order valence-electron chi connectivity index (χ3n) is 6.01. The van der Waals surface area contributed by atoms with E-state index in [9.17, 15) is 4.79 Å². The number of likely N-dealkylation sites (tertiary alicyclic amines) is 1. The highest BCUT2D eigenvalue weighted by molar-refractivity contribution is 5.74. The molecular formula is C25H30N4O3. The number of benzene rings is 2. The second kappa shape index (κ2) is 11.0. The van der Waals surface area contributed by atoms with Crippen molar-refractivity contribution in [2.24, 2.45) is 0 Å². The van der Waals surface area contributed by atoms with Gasteiger partial charge in [0, 0.05) is 26.2 Å². The summed E-state index contributed by atoms with van der Waals surface area (Å²) in [5, 5.41) is 12.1. The van der Waals surface area contributed by atoms with Crippen LogP contribution >= 0.6 is 0 Å². The number of carbonyl (C=O) groups is 1. The molecule has 7 heteroatoms. The zero-order chi connectivity index (χ0) is 22.2. The molecular weight excluding hydrogens is 404 g/mol. The maximum atomic E-state index is 12.5. The molecule has 4 rings (SSSR count). The molecule has 0 aliphatic carbocycles. The van der Waals surface area contributed by atoms with Crippen molar-refractivity contribution in [1.82, 2.24) is 15.1 Å². The molecule has 0 aromatic heterocycles. The van der Waals surface area contributed by atoms with Gasteiger partial charge in [0.05, 0.1) is 37.6 Å². The molecule has 2 aromatic carbocycles. The van der Waals surface area contributed by atoms with Gasteiger partial charge in [0.15, 0.2) is 0 Å².